The van der Waals surface area contributed by atoms with Crippen LogP contribution in [-0.2, 0) is 14.3 Å². The maximum absolute atomic E-state index is 13.9. The second-order valence-corrected chi connectivity index (χ2v) is 9.74. The van der Waals surface area contributed by atoms with Crippen LogP contribution >= 0.6 is 11.6 Å². The normalized spacial score (nSPS) is 24.4. The number of halogens is 1. The molecule has 0 N–H and O–H groups in total. The van der Waals surface area contributed by atoms with Crippen molar-refractivity contribution < 1.29 is 23.9 Å². The number of rotatable bonds is 2. The summed E-state index contributed by atoms with van der Waals surface area (Å²) in [4.78, 5) is 56.3. The predicted molar refractivity (Wildman–Crippen MR) is 129 cm³/mol. The summed E-state index contributed by atoms with van der Waals surface area (Å²) in [5, 5.41) is 0.404. The molecule has 7 heteroatoms. The van der Waals surface area contributed by atoms with Crippen molar-refractivity contribution in [2.45, 2.75) is 25.6 Å². The molecule has 3 aromatic carbocycles. The number of ketones is 2. The number of benzene rings is 3. The molecule has 1 spiro atoms. The van der Waals surface area contributed by atoms with Crippen molar-refractivity contribution in [3.63, 3.8) is 0 Å². The van der Waals surface area contributed by atoms with E-state index in [-0.39, 0.29) is 11.1 Å². The van der Waals surface area contributed by atoms with Gasteiger partial charge in [-0.05, 0) is 37.1 Å². The van der Waals surface area contributed by atoms with Gasteiger partial charge in [-0.15, -0.1) is 0 Å². The maximum Gasteiger partial charge on any atom is 0.241 e. The van der Waals surface area contributed by atoms with E-state index in [0.717, 1.165) is 16.0 Å². The van der Waals surface area contributed by atoms with Gasteiger partial charge in [-0.3, -0.25) is 19.2 Å². The van der Waals surface area contributed by atoms with Crippen LogP contribution in [0.15, 0.2) is 66.7 Å². The molecule has 2 fully saturated rings. The van der Waals surface area contributed by atoms with E-state index in [1.165, 1.54) is 0 Å². The fourth-order valence-corrected chi connectivity index (χ4v) is 5.72. The van der Waals surface area contributed by atoms with Gasteiger partial charge in [0.05, 0.1) is 23.6 Å². The molecule has 0 unspecified atom stereocenters. The number of aryl methyl sites for hydroxylation is 2. The minimum Gasteiger partial charge on any atom is -0.349 e. The Morgan fingerprint density at radius 3 is 2.06 bits per heavy atom. The first kappa shape index (κ1) is 21.9. The molecule has 0 radical (unpaired) electrons. The van der Waals surface area contributed by atoms with Crippen LogP contribution in [0.25, 0.3) is 0 Å². The molecule has 174 valence electrons. The zero-order valence-electron chi connectivity index (χ0n) is 18.9. The van der Waals surface area contributed by atoms with Crippen molar-refractivity contribution >= 4 is 40.7 Å². The fraction of sp³-hybridized carbons (Fsp3) is 0.214. The van der Waals surface area contributed by atoms with E-state index in [1.807, 2.05) is 26.0 Å². The lowest BCUT2D eigenvalue weighted by molar-refractivity contribution is -0.127. The zero-order valence-corrected chi connectivity index (χ0v) is 19.7. The number of hydrogen-bond acceptors (Lipinski definition) is 5. The van der Waals surface area contributed by atoms with Crippen molar-refractivity contribution in [1.29, 1.82) is 0 Å². The average Bonchev–Trinajstić information content (AvgIpc) is 3.41. The highest BCUT2D eigenvalue weighted by molar-refractivity contribution is 6.37. The number of anilines is 1. The van der Waals surface area contributed by atoms with Gasteiger partial charge in [-0.25, -0.2) is 4.90 Å². The van der Waals surface area contributed by atoms with Crippen molar-refractivity contribution in [3.05, 3.63) is 99.6 Å². The SMILES string of the molecule is Cc1ccc([C@@H]2OC3(C(=O)c4ccccc4C3=O)[C@H]3C(=O)N(c4ccc(C)c(Cl)c4)C(=O)[C@H]23)cc1. The Morgan fingerprint density at radius 2 is 1.46 bits per heavy atom. The van der Waals surface area contributed by atoms with Gasteiger partial charge >= 0.3 is 0 Å². The highest BCUT2D eigenvalue weighted by atomic mass is 35.5. The molecule has 3 aromatic rings. The van der Waals surface area contributed by atoms with Crippen molar-refractivity contribution in [2.24, 2.45) is 11.8 Å². The zero-order chi connectivity index (χ0) is 24.6. The van der Waals surface area contributed by atoms with E-state index in [4.69, 9.17) is 16.3 Å². The van der Waals surface area contributed by atoms with Crippen molar-refractivity contribution in [3.8, 4) is 0 Å². The molecule has 3 aliphatic rings. The largest absolute Gasteiger partial charge is 0.349 e. The number of nitrogens with zero attached hydrogens (tertiary/aromatic N) is 1. The standard InChI is InChI=1S/C28H20ClNO5/c1-14-7-10-16(11-8-14)23-21-22(27(34)30(26(21)33)17-12-9-15(2)20(29)13-17)28(35-23)24(31)18-5-3-4-6-19(18)25(28)32/h3-13,21-23H,1-2H3/t21-,22+,23-/m0/s1. The van der Waals surface area contributed by atoms with Gasteiger partial charge in [0, 0.05) is 16.1 Å². The average molecular weight is 486 g/mol. The van der Waals surface area contributed by atoms with Crippen molar-refractivity contribution in [2.75, 3.05) is 4.90 Å². The van der Waals surface area contributed by atoms with E-state index in [1.54, 1.807) is 54.6 Å². The van der Waals surface area contributed by atoms with Gasteiger partial charge in [-0.1, -0.05) is 71.8 Å². The van der Waals surface area contributed by atoms with Gasteiger partial charge in [0.25, 0.3) is 0 Å². The van der Waals surface area contributed by atoms with Gasteiger partial charge in [0.2, 0.25) is 29.0 Å². The number of carbonyl (C=O) groups is 4. The summed E-state index contributed by atoms with van der Waals surface area (Å²) < 4.78 is 6.28. The van der Waals surface area contributed by atoms with Crippen LogP contribution in [0.2, 0.25) is 5.02 Å². The van der Waals surface area contributed by atoms with Gasteiger partial charge in [0.1, 0.15) is 0 Å². The number of carbonyl (C=O) groups excluding carboxylic acids is 4. The molecule has 3 atom stereocenters. The lowest BCUT2D eigenvalue weighted by Gasteiger charge is -2.27. The first-order chi connectivity index (χ1) is 16.8. The number of hydrogen-bond donors (Lipinski definition) is 0. The van der Waals surface area contributed by atoms with Crippen LogP contribution in [0.4, 0.5) is 5.69 Å². The molecule has 2 saturated heterocycles. The van der Waals surface area contributed by atoms with Crippen LogP contribution in [0, 0.1) is 25.7 Å². The quantitative estimate of drug-likeness (QED) is 0.390. The fourth-order valence-electron chi connectivity index (χ4n) is 5.55. The van der Waals surface area contributed by atoms with E-state index >= 15 is 0 Å². The molecule has 2 aliphatic heterocycles. The van der Waals surface area contributed by atoms with E-state index in [9.17, 15) is 19.2 Å². The second kappa shape index (κ2) is 7.44. The van der Waals surface area contributed by atoms with E-state index in [0.29, 0.717) is 16.3 Å². The topological polar surface area (TPSA) is 80.8 Å². The highest BCUT2D eigenvalue weighted by Gasteiger charge is 2.74. The molecule has 0 saturated carbocycles. The number of fused-ring (bicyclic) bond motifs is 3. The Bertz CT molecular complexity index is 1430. The molecule has 2 heterocycles. The first-order valence-corrected chi connectivity index (χ1v) is 11.7. The Morgan fingerprint density at radius 1 is 0.829 bits per heavy atom. The van der Waals surface area contributed by atoms with Crippen LogP contribution < -0.4 is 4.90 Å². The Hall–Kier alpha value is -3.61. The number of imide groups is 1. The third-order valence-electron chi connectivity index (χ3n) is 7.34. The lowest BCUT2D eigenvalue weighted by Crippen LogP contribution is -2.51. The minimum absolute atomic E-state index is 0.206. The summed E-state index contributed by atoms with van der Waals surface area (Å²) in [7, 11) is 0. The molecule has 2 amide bonds. The minimum atomic E-state index is -2.08. The van der Waals surface area contributed by atoms with Gasteiger partial charge < -0.3 is 4.74 Å². The Kier molecular flexibility index (Phi) is 4.66. The number of ether oxygens (including phenoxy) is 1. The summed E-state index contributed by atoms with van der Waals surface area (Å²) in [6, 6.07) is 18.7. The van der Waals surface area contributed by atoms with Crippen molar-refractivity contribution in [1.82, 2.24) is 0 Å². The Labute approximate surface area is 206 Å². The van der Waals surface area contributed by atoms with Gasteiger partial charge in [-0.2, -0.15) is 0 Å². The smallest absolute Gasteiger partial charge is 0.241 e. The Balaban J connectivity index is 1.54. The van der Waals surface area contributed by atoms with E-state index < -0.39 is 46.9 Å². The van der Waals surface area contributed by atoms with Crippen LogP contribution in [0.5, 0.6) is 0 Å². The molecule has 0 aromatic heterocycles. The van der Waals surface area contributed by atoms with E-state index in [2.05, 4.69) is 0 Å². The molecule has 0 bridgehead atoms. The summed E-state index contributed by atoms with van der Waals surface area (Å²) in [5.41, 5.74) is 1.06. The summed E-state index contributed by atoms with van der Waals surface area (Å²) in [6.07, 6.45) is -0.940. The molecular weight excluding hydrogens is 466 g/mol. The number of amides is 2. The summed E-state index contributed by atoms with van der Waals surface area (Å²) in [5.74, 6) is -4.62. The predicted octanol–water partition coefficient (Wildman–Crippen LogP) is 4.65. The molecule has 6 rings (SSSR count). The molecule has 35 heavy (non-hydrogen) atoms. The maximum atomic E-state index is 13.9. The first-order valence-electron chi connectivity index (χ1n) is 11.3. The molecular formula is C28H20ClNO5. The third kappa shape index (κ3) is 2.81. The number of Topliss-reactive ketones (excluding diaryl/α,β-unsaturated/α-hetero) is 2. The van der Waals surface area contributed by atoms with Crippen LogP contribution in [-0.4, -0.2) is 29.0 Å². The van der Waals surface area contributed by atoms with Gasteiger partial charge in [0.15, 0.2) is 0 Å². The summed E-state index contributed by atoms with van der Waals surface area (Å²) in [6.45, 7) is 3.75. The second-order valence-electron chi connectivity index (χ2n) is 9.34. The van der Waals surface area contributed by atoms with Crippen LogP contribution in [0.3, 0.4) is 0 Å². The molecule has 1 aliphatic carbocycles. The lowest BCUT2D eigenvalue weighted by atomic mass is 9.77. The van der Waals surface area contributed by atoms with Crippen LogP contribution in [0.1, 0.15) is 43.5 Å². The highest BCUT2D eigenvalue weighted by Crippen LogP contribution is 2.57. The molecule has 6 nitrogen and oxygen atoms in total. The third-order valence-corrected chi connectivity index (χ3v) is 7.75. The monoisotopic (exact) mass is 485 g/mol. The summed E-state index contributed by atoms with van der Waals surface area (Å²) >= 11 is 6.29.